The van der Waals surface area contributed by atoms with Gasteiger partial charge < -0.3 is 10.2 Å². The van der Waals surface area contributed by atoms with E-state index in [4.69, 9.17) is 11.6 Å². The lowest BCUT2D eigenvalue weighted by Crippen LogP contribution is -2.45. The number of carbonyl (C=O) groups is 2. The van der Waals surface area contributed by atoms with Gasteiger partial charge in [0.2, 0.25) is 5.91 Å². The van der Waals surface area contributed by atoms with Gasteiger partial charge in [-0.3, -0.25) is 9.59 Å². The van der Waals surface area contributed by atoms with Crippen molar-refractivity contribution in [2.75, 3.05) is 13.1 Å². The van der Waals surface area contributed by atoms with Crippen molar-refractivity contribution in [1.29, 1.82) is 0 Å². The highest BCUT2D eigenvalue weighted by Gasteiger charge is 2.28. The summed E-state index contributed by atoms with van der Waals surface area (Å²) >= 11 is 5.98. The van der Waals surface area contributed by atoms with Gasteiger partial charge in [0.1, 0.15) is 0 Å². The number of nitrogens with zero attached hydrogens (tertiary/aromatic N) is 1. The average Bonchev–Trinajstić information content (AvgIpc) is 2.67. The van der Waals surface area contributed by atoms with Crippen molar-refractivity contribution < 1.29 is 9.59 Å². The minimum atomic E-state index is -0.169. The molecule has 2 aromatic carbocycles. The van der Waals surface area contributed by atoms with Gasteiger partial charge in [-0.25, -0.2) is 0 Å². The lowest BCUT2D eigenvalue weighted by atomic mass is 9.96. The first kappa shape index (κ1) is 18.5. The molecule has 1 fully saturated rings. The first-order valence-corrected chi connectivity index (χ1v) is 9.29. The number of aryl methyl sites for hydroxylation is 1. The van der Waals surface area contributed by atoms with E-state index < -0.39 is 0 Å². The van der Waals surface area contributed by atoms with Crippen LogP contribution < -0.4 is 5.32 Å². The van der Waals surface area contributed by atoms with E-state index >= 15 is 0 Å². The molecule has 0 spiro atoms. The number of hydrogen-bond acceptors (Lipinski definition) is 2. The molecule has 1 aliphatic heterocycles. The quantitative estimate of drug-likeness (QED) is 0.889. The van der Waals surface area contributed by atoms with E-state index in [1.54, 1.807) is 29.2 Å². The number of hydrogen-bond donors (Lipinski definition) is 1. The lowest BCUT2D eigenvalue weighted by Gasteiger charge is -2.32. The number of likely N-dealkylation sites (tertiary alicyclic amines) is 1. The molecule has 0 saturated carbocycles. The monoisotopic (exact) mass is 370 g/mol. The van der Waals surface area contributed by atoms with Crippen molar-refractivity contribution in [3.05, 3.63) is 70.2 Å². The van der Waals surface area contributed by atoms with Crippen molar-refractivity contribution >= 4 is 23.4 Å². The second-order valence-electron chi connectivity index (χ2n) is 6.80. The standard InChI is InChI=1S/C21H23ClN2O2/c1-15-7-9-16(10-8-15)13-23-20(25)18-5-3-11-24(14-18)21(26)17-4-2-6-19(22)12-17/h2,4,6-10,12,18H,3,5,11,13-14H2,1H3,(H,23,25). The van der Waals surface area contributed by atoms with Crippen LogP contribution in [0.25, 0.3) is 0 Å². The zero-order chi connectivity index (χ0) is 18.5. The fourth-order valence-electron chi connectivity index (χ4n) is 3.22. The molecule has 0 aromatic heterocycles. The zero-order valence-electron chi connectivity index (χ0n) is 14.9. The van der Waals surface area contributed by atoms with E-state index in [0.717, 1.165) is 18.4 Å². The summed E-state index contributed by atoms with van der Waals surface area (Å²) in [5.74, 6) is -0.227. The largest absolute Gasteiger partial charge is 0.352 e. The number of nitrogens with one attached hydrogen (secondary N) is 1. The van der Waals surface area contributed by atoms with Gasteiger partial charge >= 0.3 is 0 Å². The van der Waals surface area contributed by atoms with Crippen LogP contribution in [0.4, 0.5) is 0 Å². The molecule has 1 atom stereocenters. The normalized spacial score (nSPS) is 17.0. The first-order valence-electron chi connectivity index (χ1n) is 8.91. The summed E-state index contributed by atoms with van der Waals surface area (Å²) in [6, 6.07) is 15.1. The van der Waals surface area contributed by atoms with Gasteiger partial charge in [0.25, 0.3) is 5.91 Å². The third-order valence-electron chi connectivity index (χ3n) is 4.74. The summed E-state index contributed by atoms with van der Waals surface area (Å²) in [7, 11) is 0. The highest BCUT2D eigenvalue weighted by Crippen LogP contribution is 2.20. The molecule has 0 aliphatic carbocycles. The Morgan fingerprint density at radius 1 is 1.19 bits per heavy atom. The van der Waals surface area contributed by atoms with E-state index in [9.17, 15) is 9.59 Å². The molecule has 1 N–H and O–H groups in total. The van der Waals surface area contributed by atoms with Crippen molar-refractivity contribution in [3.8, 4) is 0 Å². The van der Waals surface area contributed by atoms with Crippen molar-refractivity contribution in [1.82, 2.24) is 10.2 Å². The average molecular weight is 371 g/mol. The molecule has 2 aromatic rings. The summed E-state index contributed by atoms with van der Waals surface area (Å²) in [5.41, 5.74) is 2.84. The fraction of sp³-hybridized carbons (Fsp3) is 0.333. The number of carbonyl (C=O) groups excluding carboxylic acids is 2. The molecule has 136 valence electrons. The van der Waals surface area contributed by atoms with Crippen LogP contribution in [0, 0.1) is 12.8 Å². The molecule has 1 saturated heterocycles. The Morgan fingerprint density at radius 3 is 2.69 bits per heavy atom. The molecule has 0 bridgehead atoms. The van der Waals surface area contributed by atoms with E-state index in [1.807, 2.05) is 31.2 Å². The van der Waals surface area contributed by atoms with E-state index in [1.165, 1.54) is 5.56 Å². The van der Waals surface area contributed by atoms with Gasteiger partial charge in [0.05, 0.1) is 5.92 Å². The Morgan fingerprint density at radius 2 is 1.96 bits per heavy atom. The van der Waals surface area contributed by atoms with E-state index in [-0.39, 0.29) is 17.7 Å². The minimum Gasteiger partial charge on any atom is -0.352 e. The van der Waals surface area contributed by atoms with E-state index in [0.29, 0.717) is 30.2 Å². The summed E-state index contributed by atoms with van der Waals surface area (Å²) in [5, 5.41) is 3.54. The van der Waals surface area contributed by atoms with Crippen LogP contribution in [0.2, 0.25) is 5.02 Å². The molecule has 5 heteroatoms. The van der Waals surface area contributed by atoms with Crippen LogP contribution in [0.15, 0.2) is 48.5 Å². The predicted molar refractivity (Wildman–Crippen MR) is 103 cm³/mol. The van der Waals surface area contributed by atoms with Crippen LogP contribution in [-0.2, 0) is 11.3 Å². The van der Waals surface area contributed by atoms with Crippen molar-refractivity contribution in [3.63, 3.8) is 0 Å². The van der Waals surface area contributed by atoms with Crippen molar-refractivity contribution in [2.24, 2.45) is 5.92 Å². The number of benzene rings is 2. The minimum absolute atomic E-state index is 0.00849. The second-order valence-corrected chi connectivity index (χ2v) is 7.24. The highest BCUT2D eigenvalue weighted by atomic mass is 35.5. The van der Waals surface area contributed by atoms with Crippen molar-refractivity contribution in [2.45, 2.75) is 26.3 Å². The molecule has 1 aliphatic rings. The highest BCUT2D eigenvalue weighted by molar-refractivity contribution is 6.30. The summed E-state index contributed by atoms with van der Waals surface area (Å²) in [6.45, 7) is 3.67. The molecule has 1 heterocycles. The Kier molecular flexibility index (Phi) is 5.94. The molecule has 1 unspecified atom stereocenters. The molecular formula is C21H23ClN2O2. The maximum Gasteiger partial charge on any atom is 0.253 e. The SMILES string of the molecule is Cc1ccc(CNC(=O)C2CCCN(C(=O)c3cccc(Cl)c3)C2)cc1. The van der Waals surface area contributed by atoms with Crippen LogP contribution in [0.5, 0.6) is 0 Å². The zero-order valence-corrected chi connectivity index (χ0v) is 15.6. The van der Waals surface area contributed by atoms with Gasteiger partial charge in [0.15, 0.2) is 0 Å². The number of rotatable bonds is 4. The van der Waals surface area contributed by atoms with Gasteiger partial charge in [-0.15, -0.1) is 0 Å². The maximum absolute atomic E-state index is 12.7. The van der Waals surface area contributed by atoms with E-state index in [2.05, 4.69) is 5.32 Å². The third-order valence-corrected chi connectivity index (χ3v) is 4.97. The fourth-order valence-corrected chi connectivity index (χ4v) is 3.41. The second kappa shape index (κ2) is 8.37. The summed E-state index contributed by atoms with van der Waals surface area (Å²) in [4.78, 5) is 26.9. The van der Waals surface area contributed by atoms with Gasteiger partial charge in [-0.1, -0.05) is 47.5 Å². The Balaban J connectivity index is 1.58. The van der Waals surface area contributed by atoms with Crippen LogP contribution in [-0.4, -0.2) is 29.8 Å². The third kappa shape index (κ3) is 4.64. The first-order chi connectivity index (χ1) is 12.5. The molecule has 4 nitrogen and oxygen atoms in total. The van der Waals surface area contributed by atoms with Crippen LogP contribution >= 0.6 is 11.6 Å². The van der Waals surface area contributed by atoms with Gasteiger partial charge in [-0.05, 0) is 43.5 Å². The molecule has 2 amide bonds. The topological polar surface area (TPSA) is 49.4 Å². The summed E-state index contributed by atoms with van der Waals surface area (Å²) < 4.78 is 0. The Bertz CT molecular complexity index is 789. The van der Waals surface area contributed by atoms with Crippen LogP contribution in [0.1, 0.15) is 34.3 Å². The number of halogens is 1. The van der Waals surface area contributed by atoms with Gasteiger partial charge in [0, 0.05) is 30.2 Å². The Hall–Kier alpha value is -2.33. The predicted octanol–water partition coefficient (Wildman–Crippen LogP) is 3.82. The Labute approximate surface area is 159 Å². The molecule has 26 heavy (non-hydrogen) atoms. The number of piperidine rings is 1. The number of amides is 2. The smallest absolute Gasteiger partial charge is 0.253 e. The summed E-state index contributed by atoms with van der Waals surface area (Å²) in [6.07, 6.45) is 1.63. The van der Waals surface area contributed by atoms with Gasteiger partial charge in [-0.2, -0.15) is 0 Å². The molecule has 0 radical (unpaired) electrons. The maximum atomic E-state index is 12.7. The van der Waals surface area contributed by atoms with Crippen LogP contribution in [0.3, 0.4) is 0 Å². The molecular weight excluding hydrogens is 348 g/mol. The molecule has 3 rings (SSSR count). The lowest BCUT2D eigenvalue weighted by molar-refractivity contribution is -0.126.